The molecule has 0 aliphatic carbocycles. The van der Waals surface area contributed by atoms with Crippen molar-refractivity contribution >= 4 is 5.91 Å². The molecule has 0 saturated heterocycles. The molecule has 112 valence electrons. The van der Waals surface area contributed by atoms with Crippen molar-refractivity contribution in [3.63, 3.8) is 0 Å². The zero-order valence-corrected chi connectivity index (χ0v) is 12.6. The number of benzene rings is 1. The smallest absolute Gasteiger partial charge is 0.255 e. The Morgan fingerprint density at radius 3 is 2.50 bits per heavy atom. The molecule has 1 rings (SSSR count). The quantitative estimate of drug-likeness (QED) is 0.799. The number of nitrogens with one attached hydrogen (secondary N) is 1. The van der Waals surface area contributed by atoms with Crippen LogP contribution in [0.3, 0.4) is 0 Å². The topological polar surface area (TPSA) is 73.6 Å². The van der Waals surface area contributed by atoms with Gasteiger partial charge in [-0.25, -0.2) is 0 Å². The Balaban J connectivity index is 2.90. The summed E-state index contributed by atoms with van der Waals surface area (Å²) in [4.78, 5) is 12.3. The minimum Gasteiger partial charge on any atom is -0.497 e. The van der Waals surface area contributed by atoms with Crippen LogP contribution < -0.4 is 20.5 Å². The van der Waals surface area contributed by atoms with Gasteiger partial charge in [-0.3, -0.25) is 4.79 Å². The van der Waals surface area contributed by atoms with Gasteiger partial charge < -0.3 is 20.5 Å². The van der Waals surface area contributed by atoms with Crippen molar-refractivity contribution in [3.8, 4) is 11.5 Å². The van der Waals surface area contributed by atoms with Crippen molar-refractivity contribution in [2.45, 2.75) is 26.3 Å². The molecule has 1 atom stereocenters. The van der Waals surface area contributed by atoms with Gasteiger partial charge in [0.15, 0.2) is 0 Å². The van der Waals surface area contributed by atoms with Crippen LogP contribution >= 0.6 is 0 Å². The van der Waals surface area contributed by atoms with Crippen molar-refractivity contribution in [1.82, 2.24) is 5.32 Å². The summed E-state index contributed by atoms with van der Waals surface area (Å²) in [6.45, 7) is 4.67. The Morgan fingerprint density at radius 1 is 1.30 bits per heavy atom. The fourth-order valence-electron chi connectivity index (χ4n) is 1.98. The van der Waals surface area contributed by atoms with Crippen molar-refractivity contribution in [2.24, 2.45) is 11.7 Å². The van der Waals surface area contributed by atoms with E-state index in [4.69, 9.17) is 15.2 Å². The molecule has 0 heterocycles. The van der Waals surface area contributed by atoms with Crippen LogP contribution in [0, 0.1) is 5.92 Å². The summed E-state index contributed by atoms with van der Waals surface area (Å²) in [5.41, 5.74) is 6.08. The predicted molar refractivity (Wildman–Crippen MR) is 79.3 cm³/mol. The van der Waals surface area contributed by atoms with E-state index >= 15 is 0 Å². The van der Waals surface area contributed by atoms with Crippen LogP contribution in [-0.4, -0.2) is 32.7 Å². The number of carbonyl (C=O) groups is 1. The lowest BCUT2D eigenvalue weighted by atomic mass is 10.0. The fourth-order valence-corrected chi connectivity index (χ4v) is 1.98. The number of nitrogens with two attached hydrogens (primary N) is 1. The van der Waals surface area contributed by atoms with E-state index in [1.807, 2.05) is 0 Å². The van der Waals surface area contributed by atoms with Crippen molar-refractivity contribution < 1.29 is 14.3 Å². The molecule has 3 N–H and O–H groups in total. The molecule has 1 unspecified atom stereocenters. The normalized spacial score (nSPS) is 12.1. The van der Waals surface area contributed by atoms with Gasteiger partial charge in [-0.05, 0) is 31.0 Å². The highest BCUT2D eigenvalue weighted by Gasteiger charge is 2.19. The highest BCUT2D eigenvalue weighted by molar-refractivity contribution is 5.97. The van der Waals surface area contributed by atoms with E-state index in [2.05, 4.69) is 19.2 Å². The maximum atomic E-state index is 12.3. The summed E-state index contributed by atoms with van der Waals surface area (Å²) in [5, 5.41) is 3.01. The number of methoxy groups -OCH3 is 2. The van der Waals surface area contributed by atoms with Gasteiger partial charge in [0.1, 0.15) is 11.5 Å². The summed E-state index contributed by atoms with van der Waals surface area (Å²) in [7, 11) is 3.11. The highest BCUT2D eigenvalue weighted by Crippen LogP contribution is 2.24. The first-order valence-electron chi connectivity index (χ1n) is 6.76. The molecule has 0 fully saturated rings. The van der Waals surface area contributed by atoms with E-state index in [0.717, 1.165) is 6.42 Å². The van der Waals surface area contributed by atoms with Gasteiger partial charge in [-0.15, -0.1) is 0 Å². The monoisotopic (exact) mass is 280 g/mol. The van der Waals surface area contributed by atoms with Gasteiger partial charge in [0, 0.05) is 12.1 Å². The first-order chi connectivity index (χ1) is 9.53. The third kappa shape index (κ3) is 4.13. The lowest BCUT2D eigenvalue weighted by molar-refractivity contribution is 0.0921. The van der Waals surface area contributed by atoms with E-state index in [0.29, 0.717) is 29.5 Å². The Labute approximate surface area is 120 Å². The molecular formula is C15H24N2O3. The van der Waals surface area contributed by atoms with Crippen LogP contribution in [0.1, 0.15) is 30.6 Å². The molecule has 0 aliphatic rings. The molecule has 1 amide bonds. The van der Waals surface area contributed by atoms with Gasteiger partial charge in [0.05, 0.1) is 19.8 Å². The number of hydrogen-bond acceptors (Lipinski definition) is 4. The molecule has 5 nitrogen and oxygen atoms in total. The average Bonchev–Trinajstić information content (AvgIpc) is 2.45. The lowest BCUT2D eigenvalue weighted by Gasteiger charge is -2.22. The third-order valence-corrected chi connectivity index (χ3v) is 3.25. The van der Waals surface area contributed by atoms with E-state index in [1.54, 1.807) is 25.3 Å². The average molecular weight is 280 g/mol. The third-order valence-electron chi connectivity index (χ3n) is 3.25. The van der Waals surface area contributed by atoms with Gasteiger partial charge in [0.25, 0.3) is 5.91 Å². The Hall–Kier alpha value is -1.75. The van der Waals surface area contributed by atoms with Gasteiger partial charge in [0.2, 0.25) is 0 Å². The molecule has 0 bridgehead atoms. The number of hydrogen-bond donors (Lipinski definition) is 2. The highest BCUT2D eigenvalue weighted by atomic mass is 16.5. The molecule has 0 aromatic heterocycles. The molecule has 0 saturated carbocycles. The number of rotatable bonds is 7. The Kier molecular flexibility index (Phi) is 6.31. The Morgan fingerprint density at radius 2 is 2.00 bits per heavy atom. The first kappa shape index (κ1) is 16.3. The van der Waals surface area contributed by atoms with E-state index in [-0.39, 0.29) is 11.9 Å². The predicted octanol–water partition coefficient (Wildman–Crippen LogP) is 1.81. The molecule has 0 aliphatic heterocycles. The van der Waals surface area contributed by atoms with Crippen molar-refractivity contribution in [2.75, 3.05) is 20.8 Å². The van der Waals surface area contributed by atoms with Crippen LogP contribution in [-0.2, 0) is 0 Å². The lowest BCUT2D eigenvalue weighted by Crippen LogP contribution is -2.40. The minimum atomic E-state index is -0.156. The number of amides is 1. The Bertz CT molecular complexity index is 447. The summed E-state index contributed by atoms with van der Waals surface area (Å²) < 4.78 is 10.4. The van der Waals surface area contributed by atoms with Gasteiger partial charge in [-0.2, -0.15) is 0 Å². The van der Waals surface area contributed by atoms with Crippen molar-refractivity contribution in [3.05, 3.63) is 23.8 Å². The van der Waals surface area contributed by atoms with E-state index < -0.39 is 0 Å². The second-order valence-electron chi connectivity index (χ2n) is 4.97. The van der Waals surface area contributed by atoms with Crippen molar-refractivity contribution in [1.29, 1.82) is 0 Å². The molecule has 1 aromatic carbocycles. The van der Waals surface area contributed by atoms with E-state index in [1.165, 1.54) is 7.11 Å². The number of ether oxygens (including phenoxy) is 2. The van der Waals surface area contributed by atoms with Gasteiger partial charge in [-0.1, -0.05) is 13.8 Å². The molecular weight excluding hydrogens is 256 g/mol. The summed E-state index contributed by atoms with van der Waals surface area (Å²) in [6.07, 6.45) is 0.752. The van der Waals surface area contributed by atoms with Crippen LogP contribution in [0.25, 0.3) is 0 Å². The van der Waals surface area contributed by atoms with Crippen LogP contribution in [0.4, 0.5) is 0 Å². The molecule has 0 radical (unpaired) electrons. The maximum Gasteiger partial charge on any atom is 0.255 e. The zero-order chi connectivity index (χ0) is 15.1. The summed E-state index contributed by atoms with van der Waals surface area (Å²) in [5.74, 6) is 1.32. The minimum absolute atomic E-state index is 0.0549. The maximum absolute atomic E-state index is 12.3. The van der Waals surface area contributed by atoms with Crippen LogP contribution in [0.2, 0.25) is 0 Å². The number of carbonyl (C=O) groups excluding carboxylic acids is 1. The second kappa shape index (κ2) is 7.75. The molecule has 1 aromatic rings. The molecule has 20 heavy (non-hydrogen) atoms. The molecule has 5 heteroatoms. The SMILES string of the molecule is COc1ccc(C(=O)NC(CCN)C(C)C)c(OC)c1. The first-order valence-corrected chi connectivity index (χ1v) is 6.76. The van der Waals surface area contributed by atoms with Crippen LogP contribution in [0.15, 0.2) is 18.2 Å². The van der Waals surface area contributed by atoms with E-state index in [9.17, 15) is 4.79 Å². The van der Waals surface area contributed by atoms with Crippen LogP contribution in [0.5, 0.6) is 11.5 Å². The standard InChI is InChI=1S/C15H24N2O3/c1-10(2)13(7-8-16)17-15(18)12-6-5-11(19-3)9-14(12)20-4/h5-6,9-10,13H,7-8,16H2,1-4H3,(H,17,18). The molecule has 0 spiro atoms. The largest absolute Gasteiger partial charge is 0.497 e. The summed E-state index contributed by atoms with van der Waals surface area (Å²) in [6, 6.07) is 5.19. The zero-order valence-electron chi connectivity index (χ0n) is 12.6. The fraction of sp³-hybridized carbons (Fsp3) is 0.533. The summed E-state index contributed by atoms with van der Waals surface area (Å²) >= 11 is 0. The van der Waals surface area contributed by atoms with Gasteiger partial charge >= 0.3 is 0 Å². The second-order valence-corrected chi connectivity index (χ2v) is 4.97.